The van der Waals surface area contributed by atoms with Gasteiger partial charge in [-0.1, -0.05) is 38.1 Å². The Balaban J connectivity index is 1.88. The van der Waals surface area contributed by atoms with Crippen LogP contribution in [0.25, 0.3) is 0 Å². The lowest BCUT2D eigenvalue weighted by atomic mass is 10.0. The number of ether oxygens (including phenoxy) is 1. The zero-order chi connectivity index (χ0) is 23.0. The third-order valence-electron chi connectivity index (χ3n) is 4.99. The van der Waals surface area contributed by atoms with Gasteiger partial charge in [-0.3, -0.25) is 4.79 Å². The van der Waals surface area contributed by atoms with Crippen molar-refractivity contribution in [2.24, 2.45) is 5.10 Å². The van der Waals surface area contributed by atoms with Gasteiger partial charge in [0.2, 0.25) is 0 Å². The van der Waals surface area contributed by atoms with E-state index in [1.54, 1.807) is 6.07 Å². The molecule has 5 nitrogen and oxygen atoms in total. The largest absolute Gasteiger partial charge is 0.483 e. The van der Waals surface area contributed by atoms with Crippen LogP contribution in [-0.4, -0.2) is 40.2 Å². The number of hydrazone groups is 1. The Kier molecular flexibility index (Phi) is 6.09. The van der Waals surface area contributed by atoms with Crippen molar-refractivity contribution >= 4 is 11.6 Å². The average Bonchev–Trinajstić information content (AvgIpc) is 3.05. The Bertz CT molecular complexity index is 1000. The number of aryl methyl sites for hydroxylation is 1. The van der Waals surface area contributed by atoms with Crippen LogP contribution in [0.1, 0.15) is 42.9 Å². The van der Waals surface area contributed by atoms with E-state index in [0.29, 0.717) is 5.75 Å². The molecule has 0 radical (unpaired) electrons. The van der Waals surface area contributed by atoms with Crippen LogP contribution < -0.4 is 4.74 Å². The van der Waals surface area contributed by atoms with Crippen LogP contribution in [-0.2, 0) is 4.79 Å². The molecule has 0 fully saturated rings. The minimum absolute atomic E-state index is 0.0105. The molecule has 1 N–H and O–H groups in total. The molecule has 1 aliphatic rings. The van der Waals surface area contributed by atoms with Gasteiger partial charge < -0.3 is 9.84 Å². The molecule has 0 unspecified atom stereocenters. The molecule has 9 heteroatoms. The number of carbonyl (C=O) groups is 1. The normalized spacial score (nSPS) is 19.0. The molecule has 1 atom stereocenters. The topological polar surface area (TPSA) is 62.1 Å². The molecule has 1 heterocycles. The summed E-state index contributed by atoms with van der Waals surface area (Å²) in [4.78, 5) is 12.7. The second-order valence-electron chi connectivity index (χ2n) is 7.73. The predicted octanol–water partition coefficient (Wildman–Crippen LogP) is 4.52. The third-order valence-corrected chi connectivity index (χ3v) is 4.99. The smallest absolute Gasteiger partial charge is 0.438 e. The number of benzene rings is 2. The summed E-state index contributed by atoms with van der Waals surface area (Å²) in [7, 11) is 0. The van der Waals surface area contributed by atoms with Gasteiger partial charge in [-0.15, -0.1) is 0 Å². The predicted molar refractivity (Wildman–Crippen MR) is 106 cm³/mol. The minimum Gasteiger partial charge on any atom is -0.483 e. The van der Waals surface area contributed by atoms with Gasteiger partial charge in [0.1, 0.15) is 11.6 Å². The number of hydrogen-bond donors (Lipinski definition) is 1. The number of hydrogen-bond acceptors (Lipinski definition) is 4. The lowest BCUT2D eigenvalue weighted by molar-refractivity contribution is -0.302. The molecule has 0 saturated carbocycles. The highest BCUT2D eigenvalue weighted by molar-refractivity contribution is 6.03. The number of halogens is 4. The second-order valence-corrected chi connectivity index (χ2v) is 7.73. The molecule has 31 heavy (non-hydrogen) atoms. The third kappa shape index (κ3) is 4.56. The van der Waals surface area contributed by atoms with Crippen LogP contribution in [0, 0.1) is 12.7 Å². The highest BCUT2D eigenvalue weighted by Crippen LogP contribution is 2.41. The minimum atomic E-state index is -5.17. The first-order valence-electron chi connectivity index (χ1n) is 9.61. The number of nitrogens with zero attached hydrogens (tertiary/aromatic N) is 2. The maximum absolute atomic E-state index is 13.7. The molecule has 0 bridgehead atoms. The molecule has 0 aromatic heterocycles. The average molecular weight is 438 g/mol. The maximum atomic E-state index is 13.7. The standard InChI is InChI=1S/C22H22F4N2O3/c1-13(2)17-9-4-14(3)10-19(17)31-12-20(29)28-21(30,22(24,25)26)11-18(27-28)15-5-7-16(23)8-6-15/h4-10,13,30H,11-12H2,1-3H3/t21-/m1/s1. The van der Waals surface area contributed by atoms with E-state index in [4.69, 9.17) is 4.74 Å². The van der Waals surface area contributed by atoms with Crippen molar-refractivity contribution in [2.45, 2.75) is 45.0 Å². The summed E-state index contributed by atoms with van der Waals surface area (Å²) in [5.41, 5.74) is -1.89. The Hall–Kier alpha value is -2.94. The van der Waals surface area contributed by atoms with Crippen molar-refractivity contribution < 1.29 is 32.2 Å². The Labute approximate surface area is 176 Å². The molecule has 3 rings (SSSR count). The van der Waals surface area contributed by atoms with Gasteiger partial charge in [0, 0.05) is 0 Å². The zero-order valence-corrected chi connectivity index (χ0v) is 17.2. The fraction of sp³-hybridized carbons (Fsp3) is 0.364. The maximum Gasteiger partial charge on any atom is 0.438 e. The lowest BCUT2D eigenvalue weighted by Crippen LogP contribution is -2.57. The van der Waals surface area contributed by atoms with Crippen molar-refractivity contribution in [2.75, 3.05) is 6.61 Å². The summed E-state index contributed by atoms with van der Waals surface area (Å²) in [5, 5.41) is 14.1. The van der Waals surface area contributed by atoms with Gasteiger partial charge in [-0.2, -0.15) is 23.3 Å². The molecule has 1 aliphatic heterocycles. The van der Waals surface area contributed by atoms with Crippen molar-refractivity contribution in [3.8, 4) is 5.75 Å². The summed E-state index contributed by atoms with van der Waals surface area (Å²) < 4.78 is 59.7. The fourth-order valence-corrected chi connectivity index (χ4v) is 3.28. The number of carbonyl (C=O) groups excluding carboxylic acids is 1. The number of amides is 1. The van der Waals surface area contributed by atoms with Gasteiger partial charge in [-0.05, 0) is 47.7 Å². The van der Waals surface area contributed by atoms with Crippen LogP contribution >= 0.6 is 0 Å². The van der Waals surface area contributed by atoms with E-state index in [2.05, 4.69) is 5.10 Å². The molecule has 0 saturated heterocycles. The van der Waals surface area contributed by atoms with E-state index in [0.717, 1.165) is 23.3 Å². The molecule has 1 amide bonds. The van der Waals surface area contributed by atoms with E-state index in [9.17, 15) is 27.5 Å². The van der Waals surface area contributed by atoms with Gasteiger partial charge >= 0.3 is 6.18 Å². The SMILES string of the molecule is Cc1ccc(C(C)C)c(OCC(=O)N2N=C(c3ccc(F)cc3)C[C@@]2(O)C(F)(F)F)c1. The van der Waals surface area contributed by atoms with Crippen LogP contribution in [0.2, 0.25) is 0 Å². The summed E-state index contributed by atoms with van der Waals surface area (Å²) in [6.45, 7) is 4.91. The van der Waals surface area contributed by atoms with Crippen LogP contribution in [0.4, 0.5) is 17.6 Å². The number of aliphatic hydroxyl groups is 1. The molecule has 166 valence electrons. The van der Waals surface area contributed by atoms with Crippen molar-refractivity contribution in [1.29, 1.82) is 0 Å². The highest BCUT2D eigenvalue weighted by Gasteiger charge is 2.63. The first-order chi connectivity index (χ1) is 14.4. The molecule has 0 spiro atoms. The fourth-order valence-electron chi connectivity index (χ4n) is 3.28. The first kappa shape index (κ1) is 22.7. The van der Waals surface area contributed by atoms with E-state index >= 15 is 0 Å². The summed E-state index contributed by atoms with van der Waals surface area (Å²) in [6, 6.07) is 9.97. The Morgan fingerprint density at radius 3 is 2.45 bits per heavy atom. The van der Waals surface area contributed by atoms with Crippen LogP contribution in [0.3, 0.4) is 0 Å². The Morgan fingerprint density at radius 2 is 1.87 bits per heavy atom. The zero-order valence-electron chi connectivity index (χ0n) is 17.2. The van der Waals surface area contributed by atoms with Gasteiger partial charge in [0.15, 0.2) is 6.61 Å². The molecular weight excluding hydrogens is 416 g/mol. The molecule has 0 aliphatic carbocycles. The second kappa shape index (κ2) is 8.30. The van der Waals surface area contributed by atoms with Crippen molar-refractivity contribution in [3.63, 3.8) is 0 Å². The van der Waals surface area contributed by atoms with Crippen LogP contribution in [0.5, 0.6) is 5.75 Å². The number of alkyl halides is 3. The van der Waals surface area contributed by atoms with Gasteiger partial charge in [0.05, 0.1) is 12.1 Å². The van der Waals surface area contributed by atoms with Crippen LogP contribution in [0.15, 0.2) is 47.6 Å². The summed E-state index contributed by atoms with van der Waals surface area (Å²) >= 11 is 0. The monoisotopic (exact) mass is 438 g/mol. The number of rotatable bonds is 5. The van der Waals surface area contributed by atoms with Crippen molar-refractivity contribution in [3.05, 3.63) is 65.0 Å². The van der Waals surface area contributed by atoms with Gasteiger partial charge in [-0.25, -0.2) is 4.39 Å². The molecule has 2 aromatic rings. The summed E-state index contributed by atoms with van der Waals surface area (Å²) in [5.74, 6) is -1.30. The first-order valence-corrected chi connectivity index (χ1v) is 9.61. The van der Waals surface area contributed by atoms with E-state index in [1.807, 2.05) is 32.9 Å². The van der Waals surface area contributed by atoms with Gasteiger partial charge in [0.25, 0.3) is 11.6 Å². The van der Waals surface area contributed by atoms with E-state index in [1.165, 1.54) is 12.1 Å². The Morgan fingerprint density at radius 1 is 1.23 bits per heavy atom. The van der Waals surface area contributed by atoms with Crippen molar-refractivity contribution in [1.82, 2.24) is 5.01 Å². The molecule has 2 aromatic carbocycles. The lowest BCUT2D eigenvalue weighted by Gasteiger charge is -2.32. The van der Waals surface area contributed by atoms with E-state index in [-0.39, 0.29) is 22.2 Å². The highest BCUT2D eigenvalue weighted by atomic mass is 19.4. The summed E-state index contributed by atoms with van der Waals surface area (Å²) in [6.07, 6.45) is -6.14. The molecular formula is C22H22F4N2O3. The van der Waals surface area contributed by atoms with E-state index < -0.39 is 36.7 Å². The quantitative estimate of drug-likeness (QED) is 0.698.